The van der Waals surface area contributed by atoms with Crippen LogP contribution in [0.5, 0.6) is 0 Å². The van der Waals surface area contributed by atoms with Crippen LogP contribution in [-0.2, 0) is 29.6 Å². The second-order valence-electron chi connectivity index (χ2n) is 8.30. The summed E-state index contributed by atoms with van der Waals surface area (Å²) in [5, 5.41) is 2.69. The number of nitrogens with one attached hydrogen (secondary N) is 1. The highest BCUT2D eigenvalue weighted by Gasteiger charge is 2.43. The van der Waals surface area contributed by atoms with Gasteiger partial charge in [0.2, 0.25) is 26.0 Å². The van der Waals surface area contributed by atoms with Crippen molar-refractivity contribution in [1.29, 1.82) is 0 Å². The highest BCUT2D eigenvalue weighted by Crippen LogP contribution is 2.27. The smallest absolute Gasteiger partial charge is 0.339 e. The van der Waals surface area contributed by atoms with E-state index in [1.54, 1.807) is 36.4 Å². The zero-order chi connectivity index (χ0) is 27.5. The van der Waals surface area contributed by atoms with Crippen molar-refractivity contribution in [2.24, 2.45) is 0 Å². The molecule has 1 fully saturated rings. The molecule has 1 aliphatic heterocycles. The summed E-state index contributed by atoms with van der Waals surface area (Å²) < 4.78 is 60.4. The molecule has 1 saturated heterocycles. The molecule has 0 spiro atoms. The average molecular weight is 578 g/mol. The second-order valence-corrected chi connectivity index (χ2v) is 12.5. The molecule has 200 valence electrons. The number of hydrogen-bond donors (Lipinski definition) is 1. The molecule has 4 rings (SSSR count). The topological polar surface area (TPSA) is 130 Å². The Bertz CT molecular complexity index is 1550. The van der Waals surface area contributed by atoms with Crippen LogP contribution >= 0.6 is 11.6 Å². The van der Waals surface area contributed by atoms with Crippen LogP contribution in [0.25, 0.3) is 0 Å². The molecule has 0 radical (unpaired) electrons. The van der Waals surface area contributed by atoms with E-state index in [2.05, 4.69) is 5.32 Å². The van der Waals surface area contributed by atoms with Gasteiger partial charge in [-0.25, -0.2) is 21.6 Å². The van der Waals surface area contributed by atoms with Gasteiger partial charge in [-0.2, -0.15) is 8.61 Å². The maximum Gasteiger partial charge on any atom is 0.339 e. The highest BCUT2D eigenvalue weighted by molar-refractivity contribution is 7.89. The molecule has 13 heteroatoms. The van der Waals surface area contributed by atoms with Gasteiger partial charge in [0.25, 0.3) is 0 Å². The summed E-state index contributed by atoms with van der Waals surface area (Å²) in [5.74, 6) is -1.51. The van der Waals surface area contributed by atoms with E-state index in [1.165, 1.54) is 49.6 Å². The van der Waals surface area contributed by atoms with E-state index in [-0.39, 0.29) is 39.2 Å². The van der Waals surface area contributed by atoms with Crippen LogP contribution in [-0.4, -0.2) is 70.1 Å². The van der Waals surface area contributed by atoms with Gasteiger partial charge in [0, 0.05) is 25.3 Å². The second kappa shape index (κ2) is 11.2. The van der Waals surface area contributed by atoms with Crippen LogP contribution in [0.15, 0.2) is 88.7 Å². The van der Waals surface area contributed by atoms with Crippen molar-refractivity contribution in [2.75, 3.05) is 32.1 Å². The molecule has 0 bridgehead atoms. The van der Waals surface area contributed by atoms with Gasteiger partial charge in [-0.3, -0.25) is 4.79 Å². The van der Waals surface area contributed by atoms with Gasteiger partial charge in [0.05, 0.1) is 27.5 Å². The third kappa shape index (κ3) is 5.59. The SMILES string of the molecule is COC(=O)c1cc(NC(=O)C2CN(S(=O)(=O)c3ccccc3)CCN2S(=O)(=O)c2ccccc2)ccc1Cl. The first-order chi connectivity index (χ1) is 18.1. The summed E-state index contributed by atoms with van der Waals surface area (Å²) in [5.41, 5.74) is 0.151. The summed E-state index contributed by atoms with van der Waals surface area (Å²) in [4.78, 5) is 25.5. The predicted molar refractivity (Wildman–Crippen MR) is 141 cm³/mol. The zero-order valence-electron chi connectivity index (χ0n) is 20.2. The van der Waals surface area contributed by atoms with Crippen LogP contribution in [0, 0.1) is 0 Å². The van der Waals surface area contributed by atoms with E-state index in [4.69, 9.17) is 16.3 Å². The average Bonchev–Trinajstić information content (AvgIpc) is 2.94. The number of anilines is 1. The molecule has 0 aliphatic carbocycles. The molecule has 0 aromatic heterocycles. The Labute approximate surface area is 225 Å². The molecule has 3 aromatic carbocycles. The fourth-order valence-electron chi connectivity index (χ4n) is 4.03. The standard InChI is InChI=1S/C25H24ClN3O7S2/c1-36-25(31)21-16-18(12-13-22(21)26)27-24(30)23-17-28(37(32,33)19-8-4-2-5-9-19)14-15-29(23)38(34,35)20-10-6-3-7-11-20/h2-13,16,23H,14-15,17H2,1H3,(H,27,30). The minimum absolute atomic E-state index is 0.00217. The van der Waals surface area contributed by atoms with E-state index in [9.17, 15) is 26.4 Å². The molecule has 1 heterocycles. The first-order valence-corrected chi connectivity index (χ1v) is 14.6. The normalized spacial score (nSPS) is 17.1. The van der Waals surface area contributed by atoms with Crippen molar-refractivity contribution < 1.29 is 31.2 Å². The van der Waals surface area contributed by atoms with Crippen molar-refractivity contribution in [3.63, 3.8) is 0 Å². The highest BCUT2D eigenvalue weighted by atomic mass is 35.5. The lowest BCUT2D eigenvalue weighted by molar-refractivity contribution is -0.120. The first-order valence-electron chi connectivity index (χ1n) is 11.4. The molecule has 1 unspecified atom stereocenters. The van der Waals surface area contributed by atoms with Gasteiger partial charge in [-0.05, 0) is 42.5 Å². The van der Waals surface area contributed by atoms with Gasteiger partial charge < -0.3 is 10.1 Å². The van der Waals surface area contributed by atoms with E-state index in [0.29, 0.717) is 0 Å². The minimum atomic E-state index is -4.16. The number of halogens is 1. The van der Waals surface area contributed by atoms with Gasteiger partial charge in [0.1, 0.15) is 6.04 Å². The van der Waals surface area contributed by atoms with Crippen molar-refractivity contribution in [2.45, 2.75) is 15.8 Å². The molecule has 1 atom stereocenters. The summed E-state index contributed by atoms with van der Waals surface area (Å²) in [6.45, 7) is -0.831. The Hall–Kier alpha value is -3.29. The monoisotopic (exact) mass is 577 g/mol. The Morgan fingerprint density at radius 2 is 1.45 bits per heavy atom. The van der Waals surface area contributed by atoms with Crippen LogP contribution < -0.4 is 5.32 Å². The number of sulfonamides is 2. The molecule has 1 N–H and O–H groups in total. The molecular weight excluding hydrogens is 554 g/mol. The van der Waals surface area contributed by atoms with E-state index in [0.717, 1.165) is 8.61 Å². The summed E-state index contributed by atoms with van der Waals surface area (Å²) in [6.07, 6.45) is 0. The zero-order valence-corrected chi connectivity index (χ0v) is 22.5. The molecule has 1 amide bonds. The molecule has 3 aromatic rings. The van der Waals surface area contributed by atoms with Crippen molar-refractivity contribution >= 4 is 49.2 Å². The Kier molecular flexibility index (Phi) is 8.19. The fourth-order valence-corrected chi connectivity index (χ4v) is 7.27. The Morgan fingerprint density at radius 1 is 0.868 bits per heavy atom. The van der Waals surface area contributed by atoms with Crippen molar-refractivity contribution in [3.05, 3.63) is 89.4 Å². The van der Waals surface area contributed by atoms with E-state index in [1.807, 2.05) is 0 Å². The van der Waals surface area contributed by atoms with E-state index < -0.39 is 44.5 Å². The summed E-state index contributed by atoms with van der Waals surface area (Å²) in [6, 6.07) is 18.0. The number of amides is 1. The summed E-state index contributed by atoms with van der Waals surface area (Å²) >= 11 is 6.06. The minimum Gasteiger partial charge on any atom is -0.465 e. The lowest BCUT2D eigenvalue weighted by atomic mass is 10.1. The van der Waals surface area contributed by atoms with Crippen molar-refractivity contribution in [1.82, 2.24) is 8.61 Å². The number of carbonyl (C=O) groups is 2. The third-order valence-corrected chi connectivity index (χ3v) is 10.1. The molecule has 38 heavy (non-hydrogen) atoms. The fraction of sp³-hybridized carbons (Fsp3) is 0.200. The third-order valence-electron chi connectivity index (χ3n) is 5.97. The van der Waals surface area contributed by atoms with Crippen LogP contribution in [0.2, 0.25) is 5.02 Å². The number of ether oxygens (including phenoxy) is 1. The number of nitrogens with zero attached hydrogens (tertiary/aromatic N) is 2. The molecule has 0 saturated carbocycles. The van der Waals surface area contributed by atoms with Crippen LogP contribution in [0.3, 0.4) is 0 Å². The molecule has 10 nitrogen and oxygen atoms in total. The number of piperazine rings is 1. The number of rotatable bonds is 7. The number of carbonyl (C=O) groups excluding carboxylic acids is 2. The summed E-state index contributed by atoms with van der Waals surface area (Å²) in [7, 11) is -6.99. The Balaban J connectivity index is 1.70. The van der Waals surface area contributed by atoms with Crippen LogP contribution in [0.4, 0.5) is 5.69 Å². The first kappa shape index (κ1) is 27.7. The van der Waals surface area contributed by atoms with Gasteiger partial charge in [-0.15, -0.1) is 0 Å². The maximum absolute atomic E-state index is 13.5. The predicted octanol–water partition coefficient (Wildman–Crippen LogP) is 2.83. The lowest BCUT2D eigenvalue weighted by Crippen LogP contribution is -2.60. The quantitative estimate of drug-likeness (QED) is 0.427. The number of esters is 1. The molecule has 1 aliphatic rings. The maximum atomic E-state index is 13.5. The number of methoxy groups -OCH3 is 1. The van der Waals surface area contributed by atoms with E-state index >= 15 is 0 Å². The van der Waals surface area contributed by atoms with Gasteiger partial charge in [0.15, 0.2) is 0 Å². The van der Waals surface area contributed by atoms with Gasteiger partial charge >= 0.3 is 5.97 Å². The largest absolute Gasteiger partial charge is 0.465 e. The lowest BCUT2D eigenvalue weighted by Gasteiger charge is -2.38. The van der Waals surface area contributed by atoms with Crippen molar-refractivity contribution in [3.8, 4) is 0 Å². The Morgan fingerprint density at radius 3 is 2.03 bits per heavy atom. The van der Waals surface area contributed by atoms with Gasteiger partial charge in [-0.1, -0.05) is 48.0 Å². The number of hydrogen-bond acceptors (Lipinski definition) is 7. The van der Waals surface area contributed by atoms with Crippen LogP contribution in [0.1, 0.15) is 10.4 Å². The number of benzene rings is 3. The molecular formula is C25H24ClN3O7S2.